The van der Waals surface area contributed by atoms with E-state index < -0.39 is 0 Å². The summed E-state index contributed by atoms with van der Waals surface area (Å²) in [4.78, 5) is 5.18. The monoisotopic (exact) mass is 332 g/mol. The van der Waals surface area contributed by atoms with Crippen LogP contribution in [0.15, 0.2) is 18.2 Å². The number of hydrogen-bond acceptors (Lipinski definition) is 5. The summed E-state index contributed by atoms with van der Waals surface area (Å²) in [6.07, 6.45) is 5.10. The lowest BCUT2D eigenvalue weighted by Gasteiger charge is -2.45. The summed E-state index contributed by atoms with van der Waals surface area (Å²) in [6.45, 7) is 4.54. The molecule has 4 rings (SSSR count). The SMILES string of the molecule is COC[C@@H]1CCC2(CCN(Cc3ccc4c(c3)OCO4)CC2)N1C. The summed E-state index contributed by atoms with van der Waals surface area (Å²) in [5, 5.41) is 0. The van der Waals surface area contributed by atoms with E-state index in [0.717, 1.165) is 24.7 Å². The number of nitrogens with zero attached hydrogens (tertiary/aromatic N) is 2. The average Bonchev–Trinajstić information content (AvgIpc) is 3.17. The van der Waals surface area contributed by atoms with Crippen molar-refractivity contribution in [2.45, 2.75) is 43.8 Å². The average molecular weight is 332 g/mol. The Labute approximate surface area is 144 Å². The molecular formula is C19H28N2O3. The minimum absolute atomic E-state index is 0.347. The smallest absolute Gasteiger partial charge is 0.231 e. The molecule has 2 saturated heterocycles. The van der Waals surface area contributed by atoms with Crippen LogP contribution in [-0.2, 0) is 11.3 Å². The molecule has 1 aromatic carbocycles. The first-order chi connectivity index (χ1) is 11.7. The first-order valence-corrected chi connectivity index (χ1v) is 9.03. The Morgan fingerprint density at radius 1 is 1.17 bits per heavy atom. The third-order valence-corrected chi connectivity index (χ3v) is 6.23. The van der Waals surface area contributed by atoms with E-state index in [4.69, 9.17) is 14.2 Å². The fourth-order valence-electron chi connectivity index (χ4n) is 4.61. The molecule has 3 heterocycles. The summed E-state index contributed by atoms with van der Waals surface area (Å²) in [5.74, 6) is 1.76. The van der Waals surface area contributed by atoms with E-state index in [0.29, 0.717) is 18.4 Å². The quantitative estimate of drug-likeness (QED) is 0.846. The third kappa shape index (κ3) is 2.89. The zero-order chi connectivity index (χ0) is 16.6. The summed E-state index contributed by atoms with van der Waals surface area (Å²) in [7, 11) is 4.11. The van der Waals surface area contributed by atoms with Crippen LogP contribution in [0, 0.1) is 0 Å². The number of fused-ring (bicyclic) bond motifs is 1. The van der Waals surface area contributed by atoms with Crippen molar-refractivity contribution in [2.24, 2.45) is 0 Å². The maximum absolute atomic E-state index is 5.49. The summed E-state index contributed by atoms with van der Waals surface area (Å²) in [5.41, 5.74) is 1.71. The Hall–Kier alpha value is -1.30. The molecule has 5 heteroatoms. The second-order valence-corrected chi connectivity index (χ2v) is 7.45. The van der Waals surface area contributed by atoms with E-state index >= 15 is 0 Å². The number of likely N-dealkylation sites (tertiary alicyclic amines) is 2. The number of likely N-dealkylation sites (N-methyl/N-ethyl adjacent to an activating group) is 1. The zero-order valence-corrected chi connectivity index (χ0v) is 14.8. The highest BCUT2D eigenvalue weighted by molar-refractivity contribution is 5.44. The number of methoxy groups -OCH3 is 1. The number of piperidine rings is 1. The van der Waals surface area contributed by atoms with E-state index in [1.54, 1.807) is 0 Å². The lowest BCUT2D eigenvalue weighted by Crippen LogP contribution is -2.52. The third-order valence-electron chi connectivity index (χ3n) is 6.23. The minimum atomic E-state index is 0.347. The van der Waals surface area contributed by atoms with Gasteiger partial charge in [0.15, 0.2) is 11.5 Å². The maximum atomic E-state index is 5.49. The van der Waals surface area contributed by atoms with Crippen molar-refractivity contribution in [2.75, 3.05) is 40.6 Å². The van der Waals surface area contributed by atoms with Crippen LogP contribution >= 0.6 is 0 Å². The van der Waals surface area contributed by atoms with Crippen LogP contribution in [0.3, 0.4) is 0 Å². The fourth-order valence-corrected chi connectivity index (χ4v) is 4.61. The van der Waals surface area contributed by atoms with Crippen molar-refractivity contribution in [1.29, 1.82) is 0 Å². The van der Waals surface area contributed by atoms with Crippen LogP contribution in [0.25, 0.3) is 0 Å². The lowest BCUT2D eigenvalue weighted by molar-refractivity contribution is 0.0282. The molecule has 0 saturated carbocycles. The van der Waals surface area contributed by atoms with Gasteiger partial charge in [-0.3, -0.25) is 9.80 Å². The van der Waals surface area contributed by atoms with Gasteiger partial charge in [-0.25, -0.2) is 0 Å². The van der Waals surface area contributed by atoms with Crippen LogP contribution in [0.5, 0.6) is 11.5 Å². The molecule has 132 valence electrons. The molecule has 5 nitrogen and oxygen atoms in total. The van der Waals surface area contributed by atoms with Crippen molar-refractivity contribution >= 4 is 0 Å². The van der Waals surface area contributed by atoms with E-state index in [1.807, 2.05) is 13.2 Å². The molecule has 0 N–H and O–H groups in total. The van der Waals surface area contributed by atoms with Gasteiger partial charge >= 0.3 is 0 Å². The van der Waals surface area contributed by atoms with Crippen LogP contribution in [0.4, 0.5) is 0 Å². The van der Waals surface area contributed by atoms with Gasteiger partial charge in [0.2, 0.25) is 6.79 Å². The Bertz CT molecular complexity index is 584. The molecule has 24 heavy (non-hydrogen) atoms. The molecule has 0 aromatic heterocycles. The zero-order valence-electron chi connectivity index (χ0n) is 14.8. The molecule has 1 spiro atoms. The molecule has 2 fully saturated rings. The summed E-state index contributed by atoms with van der Waals surface area (Å²) >= 11 is 0. The second-order valence-electron chi connectivity index (χ2n) is 7.45. The first kappa shape index (κ1) is 16.2. The number of hydrogen-bond donors (Lipinski definition) is 0. The van der Waals surface area contributed by atoms with Crippen molar-refractivity contribution in [3.05, 3.63) is 23.8 Å². The van der Waals surface area contributed by atoms with Gasteiger partial charge in [-0.15, -0.1) is 0 Å². The van der Waals surface area contributed by atoms with Gasteiger partial charge < -0.3 is 14.2 Å². The number of rotatable bonds is 4. The van der Waals surface area contributed by atoms with E-state index in [2.05, 4.69) is 29.0 Å². The number of benzene rings is 1. The summed E-state index contributed by atoms with van der Waals surface area (Å²) in [6, 6.07) is 6.91. The van der Waals surface area contributed by atoms with E-state index in [1.165, 1.54) is 44.3 Å². The molecule has 1 atom stereocenters. The molecule has 0 amide bonds. The predicted octanol–water partition coefficient (Wildman–Crippen LogP) is 2.49. The van der Waals surface area contributed by atoms with Crippen LogP contribution in [-0.4, -0.2) is 62.0 Å². The Morgan fingerprint density at radius 3 is 2.75 bits per heavy atom. The Balaban J connectivity index is 1.35. The van der Waals surface area contributed by atoms with Gasteiger partial charge in [0, 0.05) is 38.3 Å². The molecule has 0 unspecified atom stereocenters. The second kappa shape index (κ2) is 6.54. The Kier molecular flexibility index (Phi) is 4.41. The fraction of sp³-hybridized carbons (Fsp3) is 0.684. The van der Waals surface area contributed by atoms with Crippen LogP contribution in [0.2, 0.25) is 0 Å². The maximum Gasteiger partial charge on any atom is 0.231 e. The largest absolute Gasteiger partial charge is 0.454 e. The van der Waals surface area contributed by atoms with Gasteiger partial charge in [0.05, 0.1) is 6.61 Å². The van der Waals surface area contributed by atoms with Gasteiger partial charge in [0.1, 0.15) is 0 Å². The topological polar surface area (TPSA) is 34.2 Å². The molecular weight excluding hydrogens is 304 g/mol. The first-order valence-electron chi connectivity index (χ1n) is 9.03. The standard InChI is InChI=1S/C19H28N2O3/c1-20-16(13-22-2)5-6-19(20)7-9-21(10-8-19)12-15-3-4-17-18(11-15)24-14-23-17/h3-4,11,16H,5-10,12-14H2,1-2H3/t16-/m0/s1. The Morgan fingerprint density at radius 2 is 1.96 bits per heavy atom. The minimum Gasteiger partial charge on any atom is -0.454 e. The van der Waals surface area contributed by atoms with E-state index in [-0.39, 0.29) is 0 Å². The van der Waals surface area contributed by atoms with Crippen molar-refractivity contribution < 1.29 is 14.2 Å². The van der Waals surface area contributed by atoms with Gasteiger partial charge in [-0.05, 0) is 50.4 Å². The highest BCUT2D eigenvalue weighted by Crippen LogP contribution is 2.41. The van der Waals surface area contributed by atoms with Gasteiger partial charge in [-0.1, -0.05) is 6.07 Å². The van der Waals surface area contributed by atoms with Crippen molar-refractivity contribution in [3.8, 4) is 11.5 Å². The van der Waals surface area contributed by atoms with E-state index in [9.17, 15) is 0 Å². The molecule has 0 radical (unpaired) electrons. The highest BCUT2D eigenvalue weighted by Gasteiger charge is 2.45. The van der Waals surface area contributed by atoms with Crippen LogP contribution < -0.4 is 9.47 Å². The molecule has 0 aliphatic carbocycles. The summed E-state index contributed by atoms with van der Waals surface area (Å²) < 4.78 is 16.3. The van der Waals surface area contributed by atoms with Crippen molar-refractivity contribution in [1.82, 2.24) is 9.80 Å². The molecule has 0 bridgehead atoms. The number of ether oxygens (including phenoxy) is 3. The molecule has 3 aliphatic heterocycles. The molecule has 3 aliphatic rings. The highest BCUT2D eigenvalue weighted by atomic mass is 16.7. The van der Waals surface area contributed by atoms with Gasteiger partial charge in [0.25, 0.3) is 0 Å². The van der Waals surface area contributed by atoms with Crippen molar-refractivity contribution in [3.63, 3.8) is 0 Å². The predicted molar refractivity (Wildman–Crippen MR) is 92.5 cm³/mol. The van der Waals surface area contributed by atoms with Gasteiger partial charge in [-0.2, -0.15) is 0 Å². The normalized spacial score (nSPS) is 26.3. The lowest BCUT2D eigenvalue weighted by atomic mass is 9.85. The molecule has 1 aromatic rings. The van der Waals surface area contributed by atoms with Crippen LogP contribution in [0.1, 0.15) is 31.2 Å².